The van der Waals surface area contributed by atoms with Crippen LogP contribution in [0.3, 0.4) is 0 Å². The lowest BCUT2D eigenvalue weighted by Crippen LogP contribution is -2.42. The summed E-state index contributed by atoms with van der Waals surface area (Å²) in [5, 5.41) is 12.7. The highest BCUT2D eigenvalue weighted by Gasteiger charge is 2.41. The molecule has 2 atom stereocenters. The lowest BCUT2D eigenvalue weighted by molar-refractivity contribution is -0.162. The Hall–Kier alpha value is -3.44. The molecule has 194 valence electrons. The van der Waals surface area contributed by atoms with Crippen molar-refractivity contribution < 1.29 is 22.7 Å². The Morgan fingerprint density at radius 1 is 1.19 bits per heavy atom. The van der Waals surface area contributed by atoms with Gasteiger partial charge in [-0.15, -0.1) is 5.10 Å². The van der Waals surface area contributed by atoms with Gasteiger partial charge in [-0.25, -0.2) is 14.3 Å². The quantitative estimate of drug-likeness (QED) is 0.516. The summed E-state index contributed by atoms with van der Waals surface area (Å²) in [6.07, 6.45) is -0.417. The van der Waals surface area contributed by atoms with E-state index >= 15 is 0 Å². The summed E-state index contributed by atoms with van der Waals surface area (Å²) in [4.78, 5) is 18.3. The third-order valence-electron chi connectivity index (χ3n) is 6.61. The summed E-state index contributed by atoms with van der Waals surface area (Å²) in [6, 6.07) is 4.51. The highest BCUT2D eigenvalue weighted by molar-refractivity contribution is 5.81. The van der Waals surface area contributed by atoms with Crippen LogP contribution < -0.4 is 4.74 Å². The summed E-state index contributed by atoms with van der Waals surface area (Å²) in [6.45, 7) is 6.67. The fourth-order valence-electron chi connectivity index (χ4n) is 4.55. The number of ether oxygens (including phenoxy) is 1. The lowest BCUT2D eigenvalue weighted by atomic mass is 9.76. The fourth-order valence-corrected chi connectivity index (χ4v) is 4.55. The minimum atomic E-state index is -4.48. The molecule has 0 bridgehead atoms. The first-order valence-corrected chi connectivity index (χ1v) is 11.7. The molecular formula is C24H30F3N7O2. The van der Waals surface area contributed by atoms with Crippen LogP contribution in [0.5, 0.6) is 5.75 Å². The largest absolute Gasteiger partial charge is 0.494 e. The topological polar surface area (TPSA) is 91.0 Å². The molecule has 9 nitrogen and oxygen atoms in total. The van der Waals surface area contributed by atoms with Crippen LogP contribution in [-0.2, 0) is 4.79 Å². The Morgan fingerprint density at radius 3 is 2.56 bits per heavy atom. The number of rotatable bonds is 5. The normalized spacial score (nSPS) is 19.4. The molecule has 4 rings (SSSR count). The number of hydrogen-bond donors (Lipinski definition) is 0. The maximum Gasteiger partial charge on any atom is 0.406 e. The Balaban J connectivity index is 1.66. The third-order valence-corrected chi connectivity index (χ3v) is 6.61. The van der Waals surface area contributed by atoms with E-state index in [-0.39, 0.29) is 17.9 Å². The van der Waals surface area contributed by atoms with Gasteiger partial charge in [-0.3, -0.25) is 4.79 Å². The van der Waals surface area contributed by atoms with Crippen LogP contribution in [-0.4, -0.2) is 66.9 Å². The molecule has 0 aliphatic carbocycles. The first-order valence-electron chi connectivity index (χ1n) is 11.7. The number of benzene rings is 1. The molecule has 3 aromatic rings. The second-order valence-electron chi connectivity index (χ2n) is 10.2. The van der Waals surface area contributed by atoms with Crippen molar-refractivity contribution in [1.82, 2.24) is 34.7 Å². The van der Waals surface area contributed by atoms with E-state index in [4.69, 9.17) is 4.74 Å². The molecule has 0 unspecified atom stereocenters. The van der Waals surface area contributed by atoms with Crippen LogP contribution >= 0.6 is 0 Å². The zero-order valence-electron chi connectivity index (χ0n) is 21.0. The van der Waals surface area contributed by atoms with Crippen LogP contribution in [0.4, 0.5) is 13.2 Å². The van der Waals surface area contributed by atoms with Crippen LogP contribution in [0, 0.1) is 18.3 Å². The molecule has 2 aromatic heterocycles. The van der Waals surface area contributed by atoms with Crippen molar-refractivity contribution in [2.24, 2.45) is 11.3 Å². The Kier molecular flexibility index (Phi) is 6.80. The van der Waals surface area contributed by atoms with Crippen LogP contribution in [0.25, 0.3) is 16.9 Å². The zero-order valence-corrected chi connectivity index (χ0v) is 21.0. The highest BCUT2D eigenvalue weighted by atomic mass is 19.4. The van der Waals surface area contributed by atoms with Gasteiger partial charge in [0.05, 0.1) is 13.3 Å². The molecule has 0 radical (unpaired) electrons. The number of aryl methyl sites for hydroxylation is 1. The van der Waals surface area contributed by atoms with Crippen LogP contribution in [0.2, 0.25) is 0 Å². The number of carbonyl (C=O) groups is 1. The number of halogens is 3. The number of amides is 1. The second kappa shape index (κ2) is 9.55. The van der Waals surface area contributed by atoms with E-state index in [1.165, 1.54) is 11.8 Å². The van der Waals surface area contributed by atoms with Crippen molar-refractivity contribution in [1.29, 1.82) is 0 Å². The average Bonchev–Trinajstić information content (AvgIpc) is 3.42. The maximum absolute atomic E-state index is 13.2. The van der Waals surface area contributed by atoms with Gasteiger partial charge in [-0.1, -0.05) is 32.1 Å². The second-order valence-corrected chi connectivity index (χ2v) is 10.2. The molecule has 1 fully saturated rings. The van der Waals surface area contributed by atoms with Crippen molar-refractivity contribution in [3.05, 3.63) is 36.5 Å². The first kappa shape index (κ1) is 25.6. The van der Waals surface area contributed by atoms with Crippen molar-refractivity contribution in [3.63, 3.8) is 0 Å². The maximum atomic E-state index is 13.2. The number of alkyl halides is 3. The van der Waals surface area contributed by atoms with Gasteiger partial charge < -0.3 is 9.64 Å². The number of aromatic nitrogens is 6. The smallest absolute Gasteiger partial charge is 0.406 e. The van der Waals surface area contributed by atoms with Gasteiger partial charge >= 0.3 is 6.18 Å². The molecule has 1 aromatic carbocycles. The van der Waals surface area contributed by atoms with Crippen LogP contribution in [0.1, 0.15) is 45.5 Å². The van der Waals surface area contributed by atoms with Crippen molar-refractivity contribution in [3.8, 4) is 22.7 Å². The Labute approximate surface area is 207 Å². The fraction of sp³-hybridized carbons (Fsp3) is 0.542. The SMILES string of the molecule is COc1cc(-c2cn([C@H]3C[C@@H](C(C)(C)C)CCN(CC(F)(F)F)C3=O)nn2)ccc1-n1cnc(C)n1. The average molecular weight is 506 g/mol. The molecule has 0 spiro atoms. The Morgan fingerprint density at radius 2 is 1.94 bits per heavy atom. The van der Waals surface area contributed by atoms with E-state index in [9.17, 15) is 18.0 Å². The minimum Gasteiger partial charge on any atom is -0.494 e. The first-order chi connectivity index (χ1) is 16.9. The molecular weight excluding hydrogens is 475 g/mol. The molecule has 3 heterocycles. The predicted octanol–water partition coefficient (Wildman–Crippen LogP) is 4.23. The number of methoxy groups -OCH3 is 1. The van der Waals surface area contributed by atoms with E-state index in [2.05, 4.69) is 20.4 Å². The molecule has 12 heteroatoms. The third kappa shape index (κ3) is 5.52. The summed E-state index contributed by atoms with van der Waals surface area (Å²) in [7, 11) is 1.54. The summed E-state index contributed by atoms with van der Waals surface area (Å²) in [5.41, 5.74) is 1.66. The number of likely N-dealkylation sites (tertiary alicyclic amines) is 1. The molecule has 1 amide bonds. The predicted molar refractivity (Wildman–Crippen MR) is 126 cm³/mol. The van der Waals surface area contributed by atoms with E-state index in [0.29, 0.717) is 41.4 Å². The number of nitrogens with zero attached hydrogens (tertiary/aromatic N) is 7. The molecule has 36 heavy (non-hydrogen) atoms. The van der Waals surface area contributed by atoms with Gasteiger partial charge in [-0.2, -0.15) is 18.3 Å². The van der Waals surface area contributed by atoms with E-state index < -0.39 is 24.7 Å². The molecule has 1 aliphatic heterocycles. The minimum absolute atomic E-state index is 0.0304. The van der Waals surface area contributed by atoms with Crippen molar-refractivity contribution in [2.75, 3.05) is 20.2 Å². The number of hydrogen-bond acceptors (Lipinski definition) is 6. The Bertz CT molecular complexity index is 1230. The lowest BCUT2D eigenvalue weighted by Gasteiger charge is -2.30. The van der Waals surface area contributed by atoms with Gasteiger partial charge in [0.2, 0.25) is 5.91 Å². The van der Waals surface area contributed by atoms with Gasteiger partial charge in [-0.05, 0) is 43.2 Å². The molecule has 0 N–H and O–H groups in total. The summed E-state index contributed by atoms with van der Waals surface area (Å²) in [5.74, 6) is 0.583. The van der Waals surface area contributed by atoms with Crippen molar-refractivity contribution >= 4 is 5.91 Å². The molecule has 0 saturated carbocycles. The van der Waals surface area contributed by atoms with Gasteiger partial charge in [0.25, 0.3) is 0 Å². The van der Waals surface area contributed by atoms with Gasteiger partial charge in [0.1, 0.15) is 41.9 Å². The van der Waals surface area contributed by atoms with Gasteiger partial charge in [0, 0.05) is 12.1 Å². The zero-order chi connectivity index (χ0) is 26.3. The highest BCUT2D eigenvalue weighted by Crippen LogP contribution is 2.39. The summed E-state index contributed by atoms with van der Waals surface area (Å²) < 4.78 is 48.2. The van der Waals surface area contributed by atoms with E-state index in [0.717, 1.165) is 4.90 Å². The van der Waals surface area contributed by atoms with E-state index in [1.807, 2.05) is 26.8 Å². The molecule has 1 saturated heterocycles. The standard InChI is InChI=1S/C24H30F3N7O2/c1-15-28-14-34(30-15)19-7-6-16(10-21(19)36-5)18-12-33(31-29-18)20-11-17(23(2,3)4)8-9-32(22(20)35)13-24(25,26)27/h6-7,10,12,14,17,20H,8-9,11,13H2,1-5H3/t17-,20-/m0/s1. The van der Waals surface area contributed by atoms with Crippen LogP contribution in [0.15, 0.2) is 30.7 Å². The summed E-state index contributed by atoms with van der Waals surface area (Å²) >= 11 is 0. The van der Waals surface area contributed by atoms with Gasteiger partial charge in [0.15, 0.2) is 0 Å². The molecule has 1 aliphatic rings. The monoisotopic (exact) mass is 505 g/mol. The van der Waals surface area contributed by atoms with Crippen molar-refractivity contribution in [2.45, 2.75) is 52.8 Å². The van der Waals surface area contributed by atoms with E-state index in [1.54, 1.807) is 36.3 Å². The number of carbonyl (C=O) groups excluding carboxylic acids is 1.